The summed E-state index contributed by atoms with van der Waals surface area (Å²) < 4.78 is 5.30. The van der Waals surface area contributed by atoms with E-state index >= 15 is 0 Å². The third kappa shape index (κ3) is 4.85. The van der Waals surface area contributed by atoms with Crippen LogP contribution in [0.3, 0.4) is 0 Å². The van der Waals surface area contributed by atoms with E-state index in [1.807, 2.05) is 19.1 Å². The summed E-state index contributed by atoms with van der Waals surface area (Å²) in [5, 5.41) is 5.76. The molecule has 1 heterocycles. The summed E-state index contributed by atoms with van der Waals surface area (Å²) in [5.74, 6) is -0.0848. The van der Waals surface area contributed by atoms with Gasteiger partial charge in [0.2, 0.25) is 0 Å². The first-order valence-electron chi connectivity index (χ1n) is 9.06. The SMILES string of the molecule is Cc1ccc(C(=O)N/C(=C/c2ccco2)C(=O)NC2CCCCC2)cc1. The molecular formula is C21H24N2O3. The predicted octanol–water partition coefficient (Wildman–Crippen LogP) is 3.81. The number of nitrogens with one attached hydrogen (secondary N) is 2. The summed E-state index contributed by atoms with van der Waals surface area (Å²) in [4.78, 5) is 25.3. The van der Waals surface area contributed by atoms with Gasteiger partial charge in [0, 0.05) is 17.7 Å². The van der Waals surface area contributed by atoms with Crippen LogP contribution < -0.4 is 10.6 Å². The van der Waals surface area contributed by atoms with Gasteiger partial charge in [0.15, 0.2) is 0 Å². The van der Waals surface area contributed by atoms with E-state index in [0.29, 0.717) is 11.3 Å². The molecule has 0 aliphatic heterocycles. The highest BCUT2D eigenvalue weighted by Crippen LogP contribution is 2.18. The summed E-state index contributed by atoms with van der Waals surface area (Å²) in [6, 6.07) is 10.9. The molecule has 2 amide bonds. The van der Waals surface area contributed by atoms with Crippen molar-refractivity contribution in [2.24, 2.45) is 0 Å². The highest BCUT2D eigenvalue weighted by Gasteiger charge is 2.20. The standard InChI is InChI=1S/C21H24N2O3/c1-15-9-11-16(12-10-15)20(24)23-19(14-18-8-5-13-26-18)21(25)22-17-6-3-2-4-7-17/h5,8-14,17H,2-4,6-7H2,1H3,(H,22,25)(H,23,24)/b19-14+. The fourth-order valence-corrected chi connectivity index (χ4v) is 3.08. The Balaban J connectivity index is 1.75. The van der Waals surface area contributed by atoms with E-state index < -0.39 is 0 Å². The normalized spacial score (nSPS) is 15.5. The van der Waals surface area contributed by atoms with Crippen molar-refractivity contribution in [1.82, 2.24) is 10.6 Å². The van der Waals surface area contributed by atoms with Crippen molar-refractivity contribution in [3.63, 3.8) is 0 Å². The highest BCUT2D eigenvalue weighted by atomic mass is 16.3. The van der Waals surface area contributed by atoms with Crippen LogP contribution in [0, 0.1) is 6.92 Å². The van der Waals surface area contributed by atoms with Crippen LogP contribution >= 0.6 is 0 Å². The van der Waals surface area contributed by atoms with Crippen LogP contribution in [-0.4, -0.2) is 17.9 Å². The lowest BCUT2D eigenvalue weighted by atomic mass is 9.95. The lowest BCUT2D eigenvalue weighted by Gasteiger charge is -2.23. The molecule has 1 saturated carbocycles. The Labute approximate surface area is 153 Å². The zero-order valence-electron chi connectivity index (χ0n) is 15.0. The molecule has 5 heteroatoms. The number of hydrogen-bond acceptors (Lipinski definition) is 3. The number of carbonyl (C=O) groups is 2. The molecule has 1 aliphatic carbocycles. The van der Waals surface area contributed by atoms with Crippen LogP contribution in [0.1, 0.15) is 53.8 Å². The number of aryl methyl sites for hydroxylation is 1. The van der Waals surface area contributed by atoms with Gasteiger partial charge < -0.3 is 15.1 Å². The Bertz CT molecular complexity index is 770. The molecule has 2 N–H and O–H groups in total. The van der Waals surface area contributed by atoms with Crippen LogP contribution in [0.5, 0.6) is 0 Å². The summed E-state index contributed by atoms with van der Waals surface area (Å²) in [6.45, 7) is 1.96. The second-order valence-electron chi connectivity index (χ2n) is 6.70. The molecule has 1 aromatic carbocycles. The molecule has 0 unspecified atom stereocenters. The Kier molecular flexibility index (Phi) is 5.89. The molecule has 0 spiro atoms. The second-order valence-corrected chi connectivity index (χ2v) is 6.70. The third-order valence-corrected chi connectivity index (χ3v) is 4.58. The third-order valence-electron chi connectivity index (χ3n) is 4.58. The van der Waals surface area contributed by atoms with Gasteiger partial charge in [0.25, 0.3) is 11.8 Å². The Hall–Kier alpha value is -2.82. The zero-order chi connectivity index (χ0) is 18.4. The minimum atomic E-state index is -0.318. The number of amides is 2. The molecule has 0 bridgehead atoms. The molecule has 136 valence electrons. The molecule has 3 rings (SSSR count). The molecule has 1 fully saturated rings. The first kappa shape index (κ1) is 18.0. The minimum absolute atomic E-state index is 0.160. The molecule has 2 aromatic rings. The van der Waals surface area contributed by atoms with Gasteiger partial charge in [0.1, 0.15) is 11.5 Å². The van der Waals surface area contributed by atoms with Gasteiger partial charge in [-0.3, -0.25) is 9.59 Å². The second kappa shape index (κ2) is 8.52. The maximum atomic E-state index is 12.7. The average Bonchev–Trinajstić information content (AvgIpc) is 3.15. The first-order chi connectivity index (χ1) is 12.6. The van der Waals surface area contributed by atoms with Gasteiger partial charge in [-0.1, -0.05) is 37.0 Å². The van der Waals surface area contributed by atoms with Gasteiger partial charge >= 0.3 is 0 Å². The Morgan fingerprint density at radius 3 is 2.46 bits per heavy atom. The minimum Gasteiger partial charge on any atom is -0.465 e. The molecule has 0 atom stereocenters. The van der Waals surface area contributed by atoms with Gasteiger partial charge in [-0.05, 0) is 44.0 Å². The molecule has 5 nitrogen and oxygen atoms in total. The quantitative estimate of drug-likeness (QED) is 0.804. The van der Waals surface area contributed by atoms with E-state index in [9.17, 15) is 9.59 Å². The molecular weight excluding hydrogens is 328 g/mol. The van der Waals surface area contributed by atoms with Gasteiger partial charge in [0.05, 0.1) is 6.26 Å². The van der Waals surface area contributed by atoms with E-state index in [-0.39, 0.29) is 23.6 Å². The van der Waals surface area contributed by atoms with E-state index in [4.69, 9.17) is 4.42 Å². The summed E-state index contributed by atoms with van der Waals surface area (Å²) in [6.07, 6.45) is 8.51. The summed E-state index contributed by atoms with van der Waals surface area (Å²) >= 11 is 0. The van der Waals surface area contributed by atoms with Crippen molar-refractivity contribution in [1.29, 1.82) is 0 Å². The van der Waals surface area contributed by atoms with Crippen LogP contribution in [0.15, 0.2) is 52.8 Å². The Morgan fingerprint density at radius 1 is 1.08 bits per heavy atom. The van der Waals surface area contributed by atoms with Crippen molar-refractivity contribution in [2.45, 2.75) is 45.1 Å². The topological polar surface area (TPSA) is 71.3 Å². The smallest absolute Gasteiger partial charge is 0.268 e. The van der Waals surface area contributed by atoms with E-state index in [0.717, 1.165) is 31.2 Å². The maximum Gasteiger partial charge on any atom is 0.268 e. The number of furan rings is 1. The number of hydrogen-bond donors (Lipinski definition) is 2. The van der Waals surface area contributed by atoms with Crippen molar-refractivity contribution in [3.05, 3.63) is 65.2 Å². The molecule has 0 saturated heterocycles. The van der Waals surface area contributed by atoms with Gasteiger partial charge in [-0.2, -0.15) is 0 Å². The first-order valence-corrected chi connectivity index (χ1v) is 9.06. The van der Waals surface area contributed by atoms with Crippen molar-refractivity contribution < 1.29 is 14.0 Å². The predicted molar refractivity (Wildman–Crippen MR) is 100 cm³/mol. The summed E-state index contributed by atoms with van der Waals surface area (Å²) in [7, 11) is 0. The van der Waals surface area contributed by atoms with Crippen LogP contribution in [0.25, 0.3) is 6.08 Å². The molecule has 26 heavy (non-hydrogen) atoms. The largest absolute Gasteiger partial charge is 0.465 e. The fourth-order valence-electron chi connectivity index (χ4n) is 3.08. The molecule has 0 radical (unpaired) electrons. The zero-order valence-corrected chi connectivity index (χ0v) is 15.0. The molecule has 1 aromatic heterocycles. The van der Waals surface area contributed by atoms with Crippen LogP contribution in [0.2, 0.25) is 0 Å². The fraction of sp³-hybridized carbons (Fsp3) is 0.333. The van der Waals surface area contributed by atoms with Crippen LogP contribution in [-0.2, 0) is 4.79 Å². The van der Waals surface area contributed by atoms with Crippen molar-refractivity contribution in [2.75, 3.05) is 0 Å². The van der Waals surface area contributed by atoms with Crippen LogP contribution in [0.4, 0.5) is 0 Å². The lowest BCUT2D eigenvalue weighted by Crippen LogP contribution is -2.41. The van der Waals surface area contributed by atoms with Crippen molar-refractivity contribution in [3.8, 4) is 0 Å². The highest BCUT2D eigenvalue weighted by molar-refractivity contribution is 6.05. The van der Waals surface area contributed by atoms with Gasteiger partial charge in [-0.15, -0.1) is 0 Å². The number of carbonyl (C=O) groups excluding carboxylic acids is 2. The number of benzene rings is 1. The molecule has 1 aliphatic rings. The van der Waals surface area contributed by atoms with E-state index in [2.05, 4.69) is 10.6 Å². The lowest BCUT2D eigenvalue weighted by molar-refractivity contribution is -0.118. The maximum absolute atomic E-state index is 12.7. The van der Waals surface area contributed by atoms with E-state index in [1.54, 1.807) is 30.3 Å². The monoisotopic (exact) mass is 352 g/mol. The van der Waals surface area contributed by atoms with E-state index in [1.165, 1.54) is 12.7 Å². The summed E-state index contributed by atoms with van der Waals surface area (Å²) in [5.41, 5.74) is 1.77. The van der Waals surface area contributed by atoms with Crippen molar-refractivity contribution >= 4 is 17.9 Å². The Morgan fingerprint density at radius 2 is 1.81 bits per heavy atom. The average molecular weight is 352 g/mol. The van der Waals surface area contributed by atoms with Gasteiger partial charge in [-0.25, -0.2) is 0 Å². The number of rotatable bonds is 5.